The molecule has 2 aromatic rings. The molecule has 2 bridgehead atoms. The highest BCUT2D eigenvalue weighted by molar-refractivity contribution is 6.09. The fourth-order valence-corrected chi connectivity index (χ4v) is 3.84. The third kappa shape index (κ3) is 2.00. The number of nitrogens with one attached hydrogen (secondary N) is 2. The van der Waals surface area contributed by atoms with E-state index in [0.29, 0.717) is 19.0 Å². The molecule has 1 fully saturated rings. The number of hydrogen-bond donors (Lipinski definition) is 3. The highest BCUT2D eigenvalue weighted by Gasteiger charge is 2.34. The molecule has 5 nitrogen and oxygen atoms in total. The minimum Gasteiger partial charge on any atom is -0.370 e. The van der Waals surface area contributed by atoms with Gasteiger partial charge >= 0.3 is 0 Å². The summed E-state index contributed by atoms with van der Waals surface area (Å²) in [5.41, 5.74) is 9.86. The van der Waals surface area contributed by atoms with Crippen LogP contribution in [0.3, 0.4) is 0 Å². The number of benzene rings is 1. The second-order valence-corrected chi connectivity index (χ2v) is 6.27. The molecule has 3 aliphatic heterocycles. The van der Waals surface area contributed by atoms with Crippen LogP contribution in [0.25, 0.3) is 10.9 Å². The van der Waals surface area contributed by atoms with Gasteiger partial charge in [-0.15, -0.1) is 0 Å². The lowest BCUT2D eigenvalue weighted by Gasteiger charge is -2.40. The van der Waals surface area contributed by atoms with E-state index < -0.39 is 0 Å². The molecular weight excluding hydrogens is 276 g/mol. The van der Waals surface area contributed by atoms with Crippen LogP contribution < -0.4 is 16.0 Å². The molecule has 1 aromatic heterocycles. The lowest BCUT2D eigenvalue weighted by Crippen LogP contribution is -2.38. The van der Waals surface area contributed by atoms with Crippen LogP contribution in [0.1, 0.15) is 41.2 Å². The van der Waals surface area contributed by atoms with Crippen LogP contribution >= 0.6 is 0 Å². The topological polar surface area (TPSA) is 74.1 Å². The minimum absolute atomic E-state index is 0.0139. The monoisotopic (exact) mass is 298 g/mol. The van der Waals surface area contributed by atoms with E-state index in [1.165, 1.54) is 29.6 Å². The van der Waals surface area contributed by atoms with Crippen LogP contribution in [-0.2, 0) is 0 Å². The maximum absolute atomic E-state index is 12.4. The summed E-state index contributed by atoms with van der Waals surface area (Å²) in [6.07, 6.45) is 3.24. The minimum atomic E-state index is -0.0139. The van der Waals surface area contributed by atoms with Crippen molar-refractivity contribution in [3.8, 4) is 0 Å². The van der Waals surface area contributed by atoms with Crippen molar-refractivity contribution in [2.45, 2.75) is 25.2 Å². The number of aromatic amines is 1. The Kier molecular flexibility index (Phi) is 3.30. The Labute approximate surface area is 129 Å². The van der Waals surface area contributed by atoms with E-state index in [0.717, 1.165) is 30.6 Å². The molecule has 116 valence electrons. The Morgan fingerprint density at radius 3 is 2.95 bits per heavy atom. The van der Waals surface area contributed by atoms with Crippen LogP contribution in [-0.4, -0.2) is 37.1 Å². The van der Waals surface area contributed by atoms with Crippen LogP contribution in [0, 0.1) is 0 Å². The van der Waals surface area contributed by atoms with Crippen molar-refractivity contribution in [1.82, 2.24) is 10.3 Å². The first-order chi connectivity index (χ1) is 10.8. The molecule has 0 aliphatic carbocycles. The van der Waals surface area contributed by atoms with E-state index >= 15 is 0 Å². The van der Waals surface area contributed by atoms with E-state index in [-0.39, 0.29) is 5.91 Å². The molecule has 0 radical (unpaired) electrons. The number of anilines is 1. The Bertz CT molecular complexity index is 713. The summed E-state index contributed by atoms with van der Waals surface area (Å²) in [4.78, 5) is 18.5. The van der Waals surface area contributed by atoms with Crippen molar-refractivity contribution in [2.24, 2.45) is 5.73 Å². The highest BCUT2D eigenvalue weighted by atomic mass is 16.1. The molecule has 22 heavy (non-hydrogen) atoms. The standard InChI is InChI=1S/C17H22N4O/c18-7-2-8-19-17(22)13-4-1-3-12-15(13)20-14-11-5-9-21(10-6-11)16(12)14/h1,3-4,11,20H,2,5-10,18H2,(H,19,22). The van der Waals surface area contributed by atoms with Crippen LogP contribution in [0.15, 0.2) is 18.2 Å². The van der Waals surface area contributed by atoms with Gasteiger partial charge in [0, 0.05) is 36.6 Å². The second kappa shape index (κ2) is 5.32. The van der Waals surface area contributed by atoms with Crippen molar-refractivity contribution in [3.05, 3.63) is 29.5 Å². The Balaban J connectivity index is 1.75. The summed E-state index contributed by atoms with van der Waals surface area (Å²) < 4.78 is 0. The number of rotatable bonds is 4. The highest BCUT2D eigenvalue weighted by Crippen LogP contribution is 2.46. The SMILES string of the molecule is NCCCNC(=O)c1cccc2c3c([nH]c12)C1CCN3CC1. The molecule has 0 unspecified atom stereocenters. The molecule has 3 aliphatic rings. The van der Waals surface area contributed by atoms with Crippen molar-refractivity contribution < 1.29 is 4.79 Å². The molecular formula is C17H22N4O. The summed E-state index contributed by atoms with van der Waals surface area (Å²) in [5, 5.41) is 4.14. The number of nitrogens with two attached hydrogens (primary N) is 1. The van der Waals surface area contributed by atoms with Gasteiger partial charge in [0.25, 0.3) is 5.91 Å². The van der Waals surface area contributed by atoms with Gasteiger partial charge in [0.05, 0.1) is 16.8 Å². The van der Waals surface area contributed by atoms with Gasteiger partial charge in [-0.3, -0.25) is 4.79 Å². The molecule has 0 saturated carbocycles. The lowest BCUT2D eigenvalue weighted by molar-refractivity contribution is 0.0955. The number of hydrogen-bond acceptors (Lipinski definition) is 3. The summed E-state index contributed by atoms with van der Waals surface area (Å²) >= 11 is 0. The van der Waals surface area contributed by atoms with Gasteiger partial charge in [-0.2, -0.15) is 0 Å². The maximum Gasteiger partial charge on any atom is 0.253 e. The van der Waals surface area contributed by atoms with Crippen LogP contribution in [0.5, 0.6) is 0 Å². The number of fused-ring (bicyclic) bond motifs is 3. The van der Waals surface area contributed by atoms with Gasteiger partial charge < -0.3 is 20.9 Å². The largest absolute Gasteiger partial charge is 0.370 e. The lowest BCUT2D eigenvalue weighted by atomic mass is 9.87. The number of H-pyrrole nitrogens is 1. The zero-order chi connectivity index (χ0) is 15.1. The molecule has 4 heterocycles. The van der Waals surface area contributed by atoms with Crippen molar-refractivity contribution >= 4 is 22.5 Å². The summed E-state index contributed by atoms with van der Waals surface area (Å²) in [5.74, 6) is 0.612. The number of aromatic nitrogens is 1. The van der Waals surface area contributed by atoms with Gasteiger partial charge in [-0.25, -0.2) is 0 Å². The first-order valence-electron chi connectivity index (χ1n) is 8.17. The number of carbonyl (C=O) groups is 1. The molecule has 1 amide bonds. The van der Waals surface area contributed by atoms with Crippen molar-refractivity contribution in [3.63, 3.8) is 0 Å². The molecule has 0 atom stereocenters. The molecule has 0 spiro atoms. The fourth-order valence-electron chi connectivity index (χ4n) is 3.84. The Hall–Kier alpha value is -2.01. The van der Waals surface area contributed by atoms with Gasteiger partial charge in [-0.1, -0.05) is 12.1 Å². The molecule has 5 rings (SSSR count). The Morgan fingerprint density at radius 1 is 1.36 bits per heavy atom. The van der Waals surface area contributed by atoms with Gasteiger partial charge in [0.15, 0.2) is 0 Å². The van der Waals surface area contributed by atoms with Gasteiger partial charge in [-0.05, 0) is 31.9 Å². The Morgan fingerprint density at radius 2 is 2.18 bits per heavy atom. The normalized spacial score (nSPS) is 17.0. The van der Waals surface area contributed by atoms with E-state index in [9.17, 15) is 4.79 Å². The average molecular weight is 298 g/mol. The van der Waals surface area contributed by atoms with E-state index in [1.54, 1.807) is 0 Å². The number of piperidine rings is 1. The van der Waals surface area contributed by atoms with E-state index in [2.05, 4.69) is 21.3 Å². The predicted molar refractivity (Wildman–Crippen MR) is 88.5 cm³/mol. The predicted octanol–water partition coefficient (Wildman–Crippen LogP) is 1.94. The van der Waals surface area contributed by atoms with Crippen LogP contribution in [0.4, 0.5) is 5.69 Å². The zero-order valence-corrected chi connectivity index (χ0v) is 12.7. The van der Waals surface area contributed by atoms with Gasteiger partial charge in [0.1, 0.15) is 0 Å². The number of nitrogens with zero attached hydrogens (tertiary/aromatic N) is 1. The van der Waals surface area contributed by atoms with E-state index in [1.807, 2.05) is 12.1 Å². The fraction of sp³-hybridized carbons (Fsp3) is 0.471. The van der Waals surface area contributed by atoms with Crippen molar-refractivity contribution in [2.75, 3.05) is 31.1 Å². The summed E-state index contributed by atoms with van der Waals surface area (Å²) in [6, 6.07) is 6.01. The van der Waals surface area contributed by atoms with Crippen LogP contribution in [0.2, 0.25) is 0 Å². The smallest absolute Gasteiger partial charge is 0.253 e. The zero-order valence-electron chi connectivity index (χ0n) is 12.7. The van der Waals surface area contributed by atoms with Crippen molar-refractivity contribution in [1.29, 1.82) is 0 Å². The number of para-hydroxylation sites is 1. The first-order valence-corrected chi connectivity index (χ1v) is 8.17. The molecule has 4 N–H and O–H groups in total. The van der Waals surface area contributed by atoms with Gasteiger partial charge in [0.2, 0.25) is 0 Å². The molecule has 1 saturated heterocycles. The third-order valence-corrected chi connectivity index (χ3v) is 4.96. The third-order valence-electron chi connectivity index (χ3n) is 4.96. The first kappa shape index (κ1) is 13.6. The maximum atomic E-state index is 12.4. The van der Waals surface area contributed by atoms with E-state index in [4.69, 9.17) is 5.73 Å². The number of carbonyl (C=O) groups excluding carboxylic acids is 1. The molecule has 5 heteroatoms. The molecule has 1 aromatic carbocycles. The quantitative estimate of drug-likeness (QED) is 0.755. The summed E-state index contributed by atoms with van der Waals surface area (Å²) in [6.45, 7) is 3.49. The summed E-state index contributed by atoms with van der Waals surface area (Å²) in [7, 11) is 0. The average Bonchev–Trinajstić information content (AvgIpc) is 2.97. The second-order valence-electron chi connectivity index (χ2n) is 6.27. The number of amides is 1.